The zero-order valence-electron chi connectivity index (χ0n) is 11.4. The molecule has 3 saturated heterocycles. The third-order valence-electron chi connectivity index (χ3n) is 4.66. The molecule has 2 atom stereocenters. The Morgan fingerprint density at radius 1 is 1.17 bits per heavy atom. The Morgan fingerprint density at radius 2 is 2.11 bits per heavy atom. The maximum Gasteiger partial charge on any atom is 0.0712 e. The second-order valence-corrected chi connectivity index (χ2v) is 5.97. The van der Waals surface area contributed by atoms with E-state index in [1.54, 1.807) is 0 Å². The molecule has 3 fully saturated rings. The molecule has 104 valence electrons. The van der Waals surface area contributed by atoms with Crippen molar-refractivity contribution in [1.82, 2.24) is 15.1 Å². The summed E-state index contributed by atoms with van der Waals surface area (Å²) in [5.74, 6) is 0. The van der Waals surface area contributed by atoms with Crippen LogP contribution in [0.25, 0.3) is 0 Å². The molecule has 0 amide bonds. The lowest BCUT2D eigenvalue weighted by Gasteiger charge is -2.28. The Kier molecular flexibility index (Phi) is 4.52. The standard InChI is InChI=1S/C14H27N3O/c1-3-13-12-16(6-2-8-17(13)7-1)9-4-14-11-15-5-10-18-14/h13-15H,1-12H2. The predicted molar refractivity (Wildman–Crippen MR) is 72.9 cm³/mol. The van der Waals surface area contributed by atoms with Crippen LogP contribution in [0.15, 0.2) is 0 Å². The van der Waals surface area contributed by atoms with Gasteiger partial charge >= 0.3 is 0 Å². The van der Waals surface area contributed by atoms with Crippen molar-refractivity contribution in [2.45, 2.75) is 37.8 Å². The van der Waals surface area contributed by atoms with Gasteiger partial charge in [0.25, 0.3) is 0 Å². The predicted octanol–water partition coefficient (Wildman–Crippen LogP) is 0.535. The summed E-state index contributed by atoms with van der Waals surface area (Å²) in [5, 5.41) is 3.42. The highest BCUT2D eigenvalue weighted by Crippen LogP contribution is 2.21. The normalized spacial score (nSPS) is 35.3. The average molecular weight is 253 g/mol. The van der Waals surface area contributed by atoms with Crippen LogP contribution in [-0.2, 0) is 4.74 Å². The molecule has 0 aliphatic carbocycles. The number of fused-ring (bicyclic) bond motifs is 1. The molecule has 18 heavy (non-hydrogen) atoms. The van der Waals surface area contributed by atoms with Crippen LogP contribution in [-0.4, -0.2) is 74.4 Å². The van der Waals surface area contributed by atoms with Crippen molar-refractivity contribution in [3.05, 3.63) is 0 Å². The van der Waals surface area contributed by atoms with Crippen molar-refractivity contribution < 1.29 is 4.74 Å². The maximum atomic E-state index is 5.79. The van der Waals surface area contributed by atoms with Crippen LogP contribution in [0, 0.1) is 0 Å². The van der Waals surface area contributed by atoms with E-state index in [0.717, 1.165) is 25.7 Å². The topological polar surface area (TPSA) is 27.7 Å². The minimum Gasteiger partial charge on any atom is -0.376 e. The fourth-order valence-electron chi connectivity index (χ4n) is 3.62. The molecule has 4 nitrogen and oxygen atoms in total. The minimum absolute atomic E-state index is 0.446. The minimum atomic E-state index is 0.446. The number of ether oxygens (including phenoxy) is 1. The van der Waals surface area contributed by atoms with Gasteiger partial charge in [0.05, 0.1) is 12.7 Å². The summed E-state index contributed by atoms with van der Waals surface area (Å²) in [6, 6.07) is 0.845. The number of hydrogen-bond donors (Lipinski definition) is 1. The van der Waals surface area contributed by atoms with Gasteiger partial charge in [-0.2, -0.15) is 0 Å². The lowest BCUT2D eigenvalue weighted by Crippen LogP contribution is -2.42. The second-order valence-electron chi connectivity index (χ2n) is 5.97. The van der Waals surface area contributed by atoms with Gasteiger partial charge in [-0.15, -0.1) is 0 Å². The summed E-state index contributed by atoms with van der Waals surface area (Å²) >= 11 is 0. The Hall–Kier alpha value is -0.160. The summed E-state index contributed by atoms with van der Waals surface area (Å²) in [4.78, 5) is 5.38. The molecule has 2 unspecified atom stereocenters. The van der Waals surface area contributed by atoms with E-state index < -0.39 is 0 Å². The highest BCUT2D eigenvalue weighted by atomic mass is 16.5. The molecule has 3 heterocycles. The highest BCUT2D eigenvalue weighted by Gasteiger charge is 2.28. The highest BCUT2D eigenvalue weighted by molar-refractivity contribution is 4.85. The Bertz CT molecular complexity index is 255. The molecule has 0 aromatic carbocycles. The second kappa shape index (κ2) is 6.33. The van der Waals surface area contributed by atoms with Crippen molar-refractivity contribution in [3.8, 4) is 0 Å². The zero-order valence-corrected chi connectivity index (χ0v) is 11.4. The third kappa shape index (κ3) is 3.23. The van der Waals surface area contributed by atoms with Gasteiger partial charge in [0, 0.05) is 32.2 Å². The van der Waals surface area contributed by atoms with Gasteiger partial charge in [-0.3, -0.25) is 4.90 Å². The number of nitrogens with zero attached hydrogens (tertiary/aromatic N) is 2. The first-order valence-corrected chi connectivity index (χ1v) is 7.70. The van der Waals surface area contributed by atoms with Gasteiger partial charge in [0.15, 0.2) is 0 Å². The van der Waals surface area contributed by atoms with E-state index in [0.29, 0.717) is 6.10 Å². The number of nitrogens with one attached hydrogen (secondary N) is 1. The summed E-state index contributed by atoms with van der Waals surface area (Å²) in [6.07, 6.45) is 5.81. The molecule has 3 aliphatic heterocycles. The smallest absolute Gasteiger partial charge is 0.0712 e. The molecular weight excluding hydrogens is 226 g/mol. The van der Waals surface area contributed by atoms with E-state index in [9.17, 15) is 0 Å². The lowest BCUT2D eigenvalue weighted by molar-refractivity contribution is 0.0170. The molecule has 0 spiro atoms. The first-order chi connectivity index (χ1) is 8.92. The number of morpholine rings is 1. The molecule has 0 saturated carbocycles. The SMILES string of the molecule is C1CC2CN(CCC3CNCCO3)CCCN2C1. The molecule has 0 bridgehead atoms. The van der Waals surface area contributed by atoms with Crippen LogP contribution in [0.4, 0.5) is 0 Å². The summed E-state index contributed by atoms with van der Waals surface area (Å²) in [6.45, 7) is 9.42. The van der Waals surface area contributed by atoms with E-state index in [1.165, 1.54) is 58.4 Å². The van der Waals surface area contributed by atoms with E-state index in [-0.39, 0.29) is 0 Å². The molecule has 1 N–H and O–H groups in total. The van der Waals surface area contributed by atoms with Gasteiger partial charge in [0.1, 0.15) is 0 Å². The van der Waals surface area contributed by atoms with E-state index in [2.05, 4.69) is 15.1 Å². The van der Waals surface area contributed by atoms with E-state index in [1.807, 2.05) is 0 Å². The van der Waals surface area contributed by atoms with Crippen LogP contribution >= 0.6 is 0 Å². The first kappa shape index (κ1) is 12.9. The third-order valence-corrected chi connectivity index (χ3v) is 4.66. The largest absolute Gasteiger partial charge is 0.376 e. The van der Waals surface area contributed by atoms with Crippen molar-refractivity contribution in [3.63, 3.8) is 0 Å². The first-order valence-electron chi connectivity index (χ1n) is 7.70. The molecule has 3 rings (SSSR count). The van der Waals surface area contributed by atoms with E-state index >= 15 is 0 Å². The molecule has 0 aromatic heterocycles. The number of rotatable bonds is 3. The Balaban J connectivity index is 1.43. The molecule has 4 heteroatoms. The van der Waals surface area contributed by atoms with Gasteiger partial charge in [0.2, 0.25) is 0 Å². The van der Waals surface area contributed by atoms with Crippen LogP contribution in [0.2, 0.25) is 0 Å². The maximum absolute atomic E-state index is 5.79. The summed E-state index contributed by atoms with van der Waals surface area (Å²) in [5.41, 5.74) is 0. The van der Waals surface area contributed by atoms with E-state index in [4.69, 9.17) is 4.74 Å². The van der Waals surface area contributed by atoms with Gasteiger partial charge in [-0.05, 0) is 45.3 Å². The molecular formula is C14H27N3O. The summed E-state index contributed by atoms with van der Waals surface area (Å²) in [7, 11) is 0. The van der Waals surface area contributed by atoms with Gasteiger partial charge < -0.3 is 15.0 Å². The fraction of sp³-hybridized carbons (Fsp3) is 1.00. The van der Waals surface area contributed by atoms with Crippen LogP contribution in [0.1, 0.15) is 25.7 Å². The zero-order chi connectivity index (χ0) is 12.2. The van der Waals surface area contributed by atoms with Crippen molar-refractivity contribution in [1.29, 1.82) is 0 Å². The van der Waals surface area contributed by atoms with Crippen LogP contribution in [0.5, 0.6) is 0 Å². The molecule has 3 aliphatic rings. The summed E-state index contributed by atoms with van der Waals surface area (Å²) < 4.78 is 5.79. The van der Waals surface area contributed by atoms with Crippen LogP contribution in [0.3, 0.4) is 0 Å². The lowest BCUT2D eigenvalue weighted by atomic mass is 10.2. The van der Waals surface area contributed by atoms with Crippen LogP contribution < -0.4 is 5.32 Å². The average Bonchev–Trinajstić information content (AvgIpc) is 2.76. The Morgan fingerprint density at radius 3 is 3.00 bits per heavy atom. The van der Waals surface area contributed by atoms with Crippen molar-refractivity contribution in [2.75, 3.05) is 52.4 Å². The molecule has 0 radical (unpaired) electrons. The molecule has 0 aromatic rings. The van der Waals surface area contributed by atoms with Gasteiger partial charge in [-0.25, -0.2) is 0 Å². The Labute approximate surface area is 111 Å². The van der Waals surface area contributed by atoms with Gasteiger partial charge in [-0.1, -0.05) is 0 Å². The monoisotopic (exact) mass is 253 g/mol. The van der Waals surface area contributed by atoms with Crippen molar-refractivity contribution in [2.24, 2.45) is 0 Å². The van der Waals surface area contributed by atoms with Crippen molar-refractivity contribution >= 4 is 0 Å². The number of hydrogen-bond acceptors (Lipinski definition) is 4. The fourth-order valence-corrected chi connectivity index (χ4v) is 3.62. The quantitative estimate of drug-likeness (QED) is 0.794.